The van der Waals surface area contributed by atoms with E-state index in [0.717, 1.165) is 0 Å². The molecule has 12 heavy (non-hydrogen) atoms. The van der Waals surface area contributed by atoms with Crippen molar-refractivity contribution in [3.8, 4) is 0 Å². The fourth-order valence-corrected chi connectivity index (χ4v) is 1.23. The largest absolute Gasteiger partial charge is 0.379 e. The van der Waals surface area contributed by atoms with Gasteiger partial charge in [-0.1, -0.05) is 6.92 Å². The number of hydrogen-bond donors (Lipinski definition) is 2. The Balaban J connectivity index is 3.94. The van der Waals surface area contributed by atoms with Crippen LogP contribution in [0.1, 0.15) is 40.5 Å². The lowest BCUT2D eigenvalue weighted by Crippen LogP contribution is -2.46. The SMILES string of the molecule is CCC(O)NC(C)(C)CC(C)=O. The number of hydrogen-bond acceptors (Lipinski definition) is 3. The normalized spacial score (nSPS) is 14.4. The van der Waals surface area contributed by atoms with Gasteiger partial charge in [-0.05, 0) is 27.2 Å². The average molecular weight is 173 g/mol. The minimum absolute atomic E-state index is 0.135. The summed E-state index contributed by atoms with van der Waals surface area (Å²) in [6.07, 6.45) is 0.588. The molecule has 0 radical (unpaired) electrons. The monoisotopic (exact) mass is 173 g/mol. The van der Waals surface area contributed by atoms with Crippen LogP contribution in [0, 0.1) is 0 Å². The van der Waals surface area contributed by atoms with Crippen molar-refractivity contribution in [3.63, 3.8) is 0 Å². The van der Waals surface area contributed by atoms with E-state index in [4.69, 9.17) is 0 Å². The van der Waals surface area contributed by atoms with Gasteiger partial charge in [0.2, 0.25) is 0 Å². The summed E-state index contributed by atoms with van der Waals surface area (Å²) in [5.74, 6) is 0.135. The van der Waals surface area contributed by atoms with E-state index in [-0.39, 0.29) is 11.3 Å². The van der Waals surface area contributed by atoms with Crippen LogP contribution in [0.5, 0.6) is 0 Å². The molecule has 72 valence electrons. The summed E-state index contributed by atoms with van der Waals surface area (Å²) in [5.41, 5.74) is -0.304. The van der Waals surface area contributed by atoms with Crippen molar-refractivity contribution in [2.24, 2.45) is 0 Å². The molecule has 0 spiro atoms. The molecule has 0 fully saturated rings. The maximum Gasteiger partial charge on any atom is 0.131 e. The second-order valence-corrected chi connectivity index (χ2v) is 3.83. The third-order valence-electron chi connectivity index (χ3n) is 1.63. The Morgan fingerprint density at radius 3 is 2.42 bits per heavy atom. The van der Waals surface area contributed by atoms with Gasteiger partial charge in [0.05, 0.1) is 0 Å². The Hall–Kier alpha value is -0.410. The molecule has 0 heterocycles. The van der Waals surface area contributed by atoms with Crippen LogP contribution in [0.25, 0.3) is 0 Å². The maximum absolute atomic E-state index is 10.8. The van der Waals surface area contributed by atoms with Gasteiger partial charge in [-0.15, -0.1) is 0 Å². The van der Waals surface area contributed by atoms with Crippen LogP contribution in [-0.4, -0.2) is 22.7 Å². The van der Waals surface area contributed by atoms with Gasteiger partial charge in [0.25, 0.3) is 0 Å². The Morgan fingerprint density at radius 1 is 1.58 bits per heavy atom. The molecule has 2 N–H and O–H groups in total. The third-order valence-corrected chi connectivity index (χ3v) is 1.63. The van der Waals surface area contributed by atoms with E-state index in [9.17, 15) is 9.90 Å². The van der Waals surface area contributed by atoms with E-state index < -0.39 is 6.23 Å². The van der Waals surface area contributed by atoms with Crippen molar-refractivity contribution in [2.75, 3.05) is 0 Å². The predicted molar refractivity (Wildman–Crippen MR) is 48.8 cm³/mol. The molecule has 0 rings (SSSR count). The molecular weight excluding hydrogens is 154 g/mol. The van der Waals surface area contributed by atoms with Crippen molar-refractivity contribution in [1.82, 2.24) is 5.32 Å². The molecule has 0 saturated carbocycles. The molecular formula is C9H19NO2. The number of Topliss-reactive ketones (excluding diaryl/α,β-unsaturated/α-hetero) is 1. The van der Waals surface area contributed by atoms with Crippen LogP contribution >= 0.6 is 0 Å². The van der Waals surface area contributed by atoms with E-state index in [2.05, 4.69) is 5.32 Å². The molecule has 0 aromatic heterocycles. The van der Waals surface area contributed by atoms with Gasteiger partial charge in [0.1, 0.15) is 12.0 Å². The molecule has 0 aliphatic heterocycles. The summed E-state index contributed by atoms with van der Waals surface area (Å²) < 4.78 is 0. The lowest BCUT2D eigenvalue weighted by molar-refractivity contribution is -0.118. The molecule has 3 heteroatoms. The highest BCUT2D eigenvalue weighted by molar-refractivity contribution is 5.76. The first kappa shape index (κ1) is 11.6. The highest BCUT2D eigenvalue weighted by Crippen LogP contribution is 2.09. The number of carbonyl (C=O) groups excluding carboxylic acids is 1. The number of aliphatic hydroxyl groups is 1. The summed E-state index contributed by atoms with van der Waals surface area (Å²) in [5, 5.41) is 12.3. The Kier molecular flexibility index (Phi) is 4.42. The summed E-state index contributed by atoms with van der Waals surface area (Å²) in [6, 6.07) is 0. The Labute approximate surface area is 74.2 Å². The van der Waals surface area contributed by atoms with E-state index in [0.29, 0.717) is 12.8 Å². The summed E-state index contributed by atoms with van der Waals surface area (Å²) in [7, 11) is 0. The molecule has 1 atom stereocenters. The standard InChI is InChI=1S/C9H19NO2/c1-5-8(12)10-9(3,4)6-7(2)11/h8,10,12H,5-6H2,1-4H3. The lowest BCUT2D eigenvalue weighted by atomic mass is 9.98. The number of ketones is 1. The average Bonchev–Trinajstić information content (AvgIpc) is 1.83. The molecule has 0 bridgehead atoms. The number of nitrogens with one attached hydrogen (secondary N) is 1. The molecule has 0 saturated heterocycles. The van der Waals surface area contributed by atoms with Crippen molar-refractivity contribution < 1.29 is 9.90 Å². The van der Waals surface area contributed by atoms with Gasteiger partial charge in [-0.3, -0.25) is 10.1 Å². The second-order valence-electron chi connectivity index (χ2n) is 3.83. The number of carbonyl (C=O) groups is 1. The zero-order valence-electron chi connectivity index (χ0n) is 8.35. The van der Waals surface area contributed by atoms with E-state index in [1.54, 1.807) is 6.92 Å². The van der Waals surface area contributed by atoms with Gasteiger partial charge in [-0.25, -0.2) is 0 Å². The molecule has 1 unspecified atom stereocenters. The van der Waals surface area contributed by atoms with Gasteiger partial charge in [0, 0.05) is 12.0 Å². The minimum atomic E-state index is -0.514. The van der Waals surface area contributed by atoms with Crippen molar-refractivity contribution in [2.45, 2.75) is 52.3 Å². The van der Waals surface area contributed by atoms with E-state index in [1.165, 1.54) is 0 Å². The minimum Gasteiger partial charge on any atom is -0.379 e. The maximum atomic E-state index is 10.8. The molecule has 0 aliphatic rings. The van der Waals surface area contributed by atoms with Crippen LogP contribution in [-0.2, 0) is 4.79 Å². The topological polar surface area (TPSA) is 49.3 Å². The first-order chi connectivity index (χ1) is 5.37. The summed E-state index contributed by atoms with van der Waals surface area (Å²) >= 11 is 0. The first-order valence-corrected chi connectivity index (χ1v) is 4.32. The summed E-state index contributed by atoms with van der Waals surface area (Å²) in [4.78, 5) is 10.8. The summed E-state index contributed by atoms with van der Waals surface area (Å²) in [6.45, 7) is 7.27. The lowest BCUT2D eigenvalue weighted by Gasteiger charge is -2.27. The highest BCUT2D eigenvalue weighted by Gasteiger charge is 2.21. The van der Waals surface area contributed by atoms with Crippen molar-refractivity contribution in [1.29, 1.82) is 0 Å². The Bertz CT molecular complexity index is 155. The molecule has 0 amide bonds. The van der Waals surface area contributed by atoms with Crippen LogP contribution in [0.15, 0.2) is 0 Å². The van der Waals surface area contributed by atoms with Crippen LogP contribution in [0.4, 0.5) is 0 Å². The molecule has 0 aliphatic carbocycles. The smallest absolute Gasteiger partial charge is 0.131 e. The second kappa shape index (κ2) is 4.58. The zero-order valence-corrected chi connectivity index (χ0v) is 8.35. The Morgan fingerprint density at radius 2 is 2.08 bits per heavy atom. The molecule has 3 nitrogen and oxygen atoms in total. The fraction of sp³-hybridized carbons (Fsp3) is 0.889. The van der Waals surface area contributed by atoms with E-state index in [1.807, 2.05) is 20.8 Å². The van der Waals surface area contributed by atoms with Gasteiger partial charge in [0.15, 0.2) is 0 Å². The quantitative estimate of drug-likeness (QED) is 0.611. The molecule has 0 aromatic carbocycles. The van der Waals surface area contributed by atoms with Crippen LogP contribution in [0.2, 0.25) is 0 Å². The van der Waals surface area contributed by atoms with Gasteiger partial charge in [-0.2, -0.15) is 0 Å². The fourth-order valence-electron chi connectivity index (χ4n) is 1.23. The predicted octanol–water partition coefficient (Wildman–Crippen LogP) is 1.06. The number of aliphatic hydroxyl groups excluding tert-OH is 1. The van der Waals surface area contributed by atoms with Crippen LogP contribution < -0.4 is 5.32 Å². The third kappa shape index (κ3) is 5.27. The van der Waals surface area contributed by atoms with E-state index >= 15 is 0 Å². The highest BCUT2D eigenvalue weighted by atomic mass is 16.3. The van der Waals surface area contributed by atoms with Crippen LogP contribution in [0.3, 0.4) is 0 Å². The van der Waals surface area contributed by atoms with Crippen molar-refractivity contribution >= 4 is 5.78 Å². The molecule has 0 aromatic rings. The van der Waals surface area contributed by atoms with Crippen molar-refractivity contribution in [3.05, 3.63) is 0 Å². The van der Waals surface area contributed by atoms with Gasteiger partial charge < -0.3 is 5.11 Å². The zero-order chi connectivity index (χ0) is 9.78. The number of rotatable bonds is 5. The first-order valence-electron chi connectivity index (χ1n) is 4.32. The van der Waals surface area contributed by atoms with Gasteiger partial charge >= 0.3 is 0 Å².